The first kappa shape index (κ1) is 15.6. The third kappa shape index (κ3) is 2.96. The minimum atomic E-state index is 0.403. The molecule has 3 aromatic rings. The van der Waals surface area contributed by atoms with E-state index in [9.17, 15) is 5.26 Å². The summed E-state index contributed by atoms with van der Waals surface area (Å²) in [6.07, 6.45) is 1.69. The van der Waals surface area contributed by atoms with E-state index in [1.54, 1.807) is 18.2 Å². The number of aryl methyl sites for hydroxylation is 2. The Morgan fingerprint density at radius 2 is 1.96 bits per heavy atom. The number of H-pyrrole nitrogens is 1. The second kappa shape index (κ2) is 6.08. The molecular weight excluding hydrogens is 329 g/mol. The molecule has 0 spiro atoms. The molecule has 1 aromatic heterocycles. The molecule has 0 fully saturated rings. The Morgan fingerprint density at radius 1 is 1.22 bits per heavy atom. The van der Waals surface area contributed by atoms with Crippen molar-refractivity contribution in [1.82, 2.24) is 9.97 Å². The number of nitrogens with zero attached hydrogens (tertiary/aromatic N) is 2. The van der Waals surface area contributed by atoms with Crippen LogP contribution in [0.25, 0.3) is 22.7 Å². The SMILES string of the molecule is Cc1cc2nc(/C(C#N)=C\c3cccc(Cl)c3Cl)[nH]c2cc1C. The van der Waals surface area contributed by atoms with Gasteiger partial charge < -0.3 is 4.98 Å². The van der Waals surface area contributed by atoms with E-state index in [0.717, 1.165) is 16.6 Å². The van der Waals surface area contributed by atoms with Crippen molar-refractivity contribution in [3.8, 4) is 6.07 Å². The van der Waals surface area contributed by atoms with Gasteiger partial charge in [-0.25, -0.2) is 4.98 Å². The van der Waals surface area contributed by atoms with Gasteiger partial charge in [-0.3, -0.25) is 0 Å². The zero-order valence-corrected chi connectivity index (χ0v) is 14.1. The van der Waals surface area contributed by atoms with Gasteiger partial charge in [0.1, 0.15) is 11.9 Å². The van der Waals surface area contributed by atoms with Gasteiger partial charge in [0.15, 0.2) is 0 Å². The summed E-state index contributed by atoms with van der Waals surface area (Å²) in [5, 5.41) is 10.4. The molecule has 3 rings (SSSR count). The summed E-state index contributed by atoms with van der Waals surface area (Å²) >= 11 is 12.2. The van der Waals surface area contributed by atoms with Gasteiger partial charge in [-0.05, 0) is 54.8 Å². The van der Waals surface area contributed by atoms with Crippen molar-refractivity contribution in [3.63, 3.8) is 0 Å². The Hall–Kier alpha value is -2.28. The van der Waals surface area contributed by atoms with Crippen LogP contribution in [-0.4, -0.2) is 9.97 Å². The van der Waals surface area contributed by atoms with E-state index in [2.05, 4.69) is 16.0 Å². The summed E-state index contributed by atoms with van der Waals surface area (Å²) in [5.41, 5.74) is 5.16. The number of nitrogens with one attached hydrogen (secondary N) is 1. The minimum absolute atomic E-state index is 0.403. The molecule has 0 aliphatic carbocycles. The molecule has 0 radical (unpaired) electrons. The number of nitriles is 1. The highest BCUT2D eigenvalue weighted by molar-refractivity contribution is 6.43. The summed E-state index contributed by atoms with van der Waals surface area (Å²) < 4.78 is 0. The van der Waals surface area contributed by atoms with Gasteiger partial charge in [0.25, 0.3) is 0 Å². The van der Waals surface area contributed by atoms with Crippen LogP contribution in [0.1, 0.15) is 22.5 Å². The lowest BCUT2D eigenvalue weighted by molar-refractivity contribution is 1.27. The summed E-state index contributed by atoms with van der Waals surface area (Å²) in [6.45, 7) is 4.08. The normalized spacial score (nSPS) is 11.7. The Morgan fingerprint density at radius 3 is 2.70 bits per heavy atom. The molecule has 23 heavy (non-hydrogen) atoms. The molecule has 0 bridgehead atoms. The first-order valence-corrected chi connectivity index (χ1v) is 7.78. The van der Waals surface area contributed by atoms with Crippen molar-refractivity contribution < 1.29 is 0 Å². The first-order valence-electron chi connectivity index (χ1n) is 7.02. The van der Waals surface area contributed by atoms with Crippen molar-refractivity contribution in [3.05, 3.63) is 62.9 Å². The van der Waals surface area contributed by atoms with Crippen LogP contribution in [-0.2, 0) is 0 Å². The number of aromatic amines is 1. The number of benzene rings is 2. The molecule has 3 nitrogen and oxygen atoms in total. The van der Waals surface area contributed by atoms with Gasteiger partial charge in [0.05, 0.1) is 26.7 Å². The van der Waals surface area contributed by atoms with E-state index in [1.165, 1.54) is 5.56 Å². The summed E-state index contributed by atoms with van der Waals surface area (Å²) in [4.78, 5) is 7.70. The molecule has 0 amide bonds. The molecule has 114 valence electrons. The van der Waals surface area contributed by atoms with Crippen molar-refractivity contribution in [2.45, 2.75) is 13.8 Å². The fourth-order valence-electron chi connectivity index (χ4n) is 2.34. The van der Waals surface area contributed by atoms with Crippen LogP contribution in [0.5, 0.6) is 0 Å². The molecule has 5 heteroatoms. The minimum Gasteiger partial charge on any atom is -0.337 e. The topological polar surface area (TPSA) is 52.5 Å². The fraction of sp³-hybridized carbons (Fsp3) is 0.111. The van der Waals surface area contributed by atoms with Gasteiger partial charge >= 0.3 is 0 Å². The number of imidazole rings is 1. The lowest BCUT2D eigenvalue weighted by atomic mass is 10.1. The number of hydrogen-bond acceptors (Lipinski definition) is 2. The molecule has 0 aliphatic rings. The lowest BCUT2D eigenvalue weighted by Crippen LogP contribution is -1.86. The van der Waals surface area contributed by atoms with Crippen molar-refractivity contribution >= 4 is 45.9 Å². The third-order valence-electron chi connectivity index (χ3n) is 3.75. The lowest BCUT2D eigenvalue weighted by Gasteiger charge is -2.01. The van der Waals surface area contributed by atoms with E-state index < -0.39 is 0 Å². The molecule has 0 aliphatic heterocycles. The van der Waals surface area contributed by atoms with Crippen LogP contribution in [0.15, 0.2) is 30.3 Å². The van der Waals surface area contributed by atoms with E-state index in [4.69, 9.17) is 23.2 Å². The van der Waals surface area contributed by atoms with Crippen LogP contribution >= 0.6 is 23.2 Å². The average molecular weight is 342 g/mol. The zero-order valence-electron chi connectivity index (χ0n) is 12.6. The van der Waals surface area contributed by atoms with E-state index in [1.807, 2.05) is 32.0 Å². The number of fused-ring (bicyclic) bond motifs is 1. The highest BCUT2D eigenvalue weighted by Crippen LogP contribution is 2.29. The quantitative estimate of drug-likeness (QED) is 0.621. The molecule has 2 aromatic carbocycles. The standard InChI is InChI=1S/C18H13Cl2N3/c1-10-6-15-16(7-11(10)2)23-18(22-15)13(9-21)8-12-4-3-5-14(19)17(12)20/h3-8H,1-2H3,(H,22,23)/b13-8-. The zero-order chi connectivity index (χ0) is 16.6. The van der Waals surface area contributed by atoms with Crippen molar-refractivity contribution in [1.29, 1.82) is 5.26 Å². The molecule has 0 atom stereocenters. The Kier molecular flexibility index (Phi) is 4.12. The number of allylic oxidation sites excluding steroid dienone is 1. The number of rotatable bonds is 2. The Labute approximate surface area is 144 Å². The maximum Gasteiger partial charge on any atom is 0.149 e. The smallest absolute Gasteiger partial charge is 0.149 e. The van der Waals surface area contributed by atoms with Gasteiger partial charge in [0, 0.05) is 0 Å². The molecule has 1 heterocycles. The number of halogens is 2. The van der Waals surface area contributed by atoms with E-state index in [-0.39, 0.29) is 0 Å². The van der Waals surface area contributed by atoms with Crippen LogP contribution in [0.4, 0.5) is 0 Å². The van der Waals surface area contributed by atoms with Crippen LogP contribution in [0, 0.1) is 25.2 Å². The van der Waals surface area contributed by atoms with Crippen molar-refractivity contribution in [2.24, 2.45) is 0 Å². The summed E-state index contributed by atoms with van der Waals surface area (Å²) in [7, 11) is 0. The molecule has 1 N–H and O–H groups in total. The second-order valence-corrected chi connectivity index (χ2v) is 6.14. The summed E-state index contributed by atoms with van der Waals surface area (Å²) in [6, 6.07) is 11.5. The monoisotopic (exact) mass is 341 g/mol. The maximum absolute atomic E-state index is 9.48. The summed E-state index contributed by atoms with van der Waals surface area (Å²) in [5.74, 6) is 0.517. The Bertz CT molecular complexity index is 939. The highest BCUT2D eigenvalue weighted by atomic mass is 35.5. The fourth-order valence-corrected chi connectivity index (χ4v) is 2.70. The van der Waals surface area contributed by atoms with Gasteiger partial charge in [-0.15, -0.1) is 0 Å². The van der Waals surface area contributed by atoms with Gasteiger partial charge in [-0.1, -0.05) is 35.3 Å². The molecule has 0 saturated carbocycles. The number of aromatic nitrogens is 2. The van der Waals surface area contributed by atoms with Crippen LogP contribution < -0.4 is 0 Å². The Balaban J connectivity index is 2.13. The molecule has 0 saturated heterocycles. The van der Waals surface area contributed by atoms with E-state index >= 15 is 0 Å². The second-order valence-electron chi connectivity index (χ2n) is 5.35. The van der Waals surface area contributed by atoms with Crippen LogP contribution in [0.3, 0.4) is 0 Å². The van der Waals surface area contributed by atoms with Gasteiger partial charge in [-0.2, -0.15) is 5.26 Å². The molecular formula is C18H13Cl2N3. The van der Waals surface area contributed by atoms with Crippen molar-refractivity contribution in [2.75, 3.05) is 0 Å². The van der Waals surface area contributed by atoms with Crippen LogP contribution in [0.2, 0.25) is 10.0 Å². The van der Waals surface area contributed by atoms with E-state index in [0.29, 0.717) is 27.0 Å². The molecule has 0 unspecified atom stereocenters. The predicted octanol–water partition coefficient (Wildman–Crippen LogP) is 5.55. The maximum atomic E-state index is 9.48. The number of hydrogen-bond donors (Lipinski definition) is 1. The third-order valence-corrected chi connectivity index (χ3v) is 4.59. The first-order chi connectivity index (χ1) is 11.0. The largest absolute Gasteiger partial charge is 0.337 e. The van der Waals surface area contributed by atoms with Gasteiger partial charge in [0.2, 0.25) is 0 Å². The average Bonchev–Trinajstić information content (AvgIpc) is 2.91. The predicted molar refractivity (Wildman–Crippen MR) is 95.5 cm³/mol. The highest BCUT2D eigenvalue weighted by Gasteiger charge is 2.11.